The van der Waals surface area contributed by atoms with Crippen molar-refractivity contribution in [1.82, 2.24) is 15.2 Å². The highest BCUT2D eigenvalue weighted by Gasteiger charge is 2.26. The van der Waals surface area contributed by atoms with Crippen LogP contribution in [0.25, 0.3) is 0 Å². The van der Waals surface area contributed by atoms with E-state index in [0.29, 0.717) is 24.1 Å². The summed E-state index contributed by atoms with van der Waals surface area (Å²) in [4.78, 5) is 30.2. The first-order valence-electron chi connectivity index (χ1n) is 8.40. The van der Waals surface area contributed by atoms with Crippen LogP contribution in [-0.4, -0.2) is 41.0 Å². The average molecular weight is 353 g/mol. The number of carbonyl (C=O) groups is 2. The van der Waals surface area contributed by atoms with E-state index in [9.17, 15) is 9.59 Å². The third-order valence-corrected chi connectivity index (χ3v) is 4.84. The second-order valence-corrected chi connectivity index (χ2v) is 6.67. The van der Waals surface area contributed by atoms with Crippen molar-refractivity contribution in [3.05, 3.63) is 22.8 Å². The predicted molar refractivity (Wildman–Crippen MR) is 95.2 cm³/mol. The van der Waals surface area contributed by atoms with Gasteiger partial charge in [-0.25, -0.2) is 9.78 Å². The van der Waals surface area contributed by atoms with E-state index in [1.807, 2.05) is 31.7 Å². The molecule has 0 saturated carbocycles. The van der Waals surface area contributed by atoms with Crippen LogP contribution in [0.1, 0.15) is 38.7 Å². The summed E-state index contributed by atoms with van der Waals surface area (Å²) in [5.41, 5.74) is 0.862. The molecule has 1 aromatic rings. The minimum atomic E-state index is -0.297. The Kier molecular flexibility index (Phi) is 6.43. The molecule has 1 aromatic heterocycles. The van der Waals surface area contributed by atoms with Crippen LogP contribution in [0.5, 0.6) is 0 Å². The third kappa shape index (κ3) is 4.84. The molecule has 2 heterocycles. The molecule has 132 valence electrons. The average Bonchev–Trinajstić information content (AvgIpc) is 2.57. The number of pyridine rings is 1. The first-order chi connectivity index (χ1) is 11.4. The monoisotopic (exact) mass is 352 g/mol. The summed E-state index contributed by atoms with van der Waals surface area (Å²) in [6.45, 7) is 7.20. The van der Waals surface area contributed by atoms with E-state index in [4.69, 9.17) is 11.6 Å². The van der Waals surface area contributed by atoms with Gasteiger partial charge in [0.15, 0.2) is 0 Å². The maximum atomic E-state index is 12.2. The number of likely N-dealkylation sites (tertiary alicyclic amines) is 1. The topological polar surface area (TPSA) is 74.3 Å². The molecule has 7 heteroatoms. The maximum Gasteiger partial charge on any atom is 0.320 e. The molecule has 24 heavy (non-hydrogen) atoms. The second-order valence-electron chi connectivity index (χ2n) is 6.31. The third-order valence-electron chi connectivity index (χ3n) is 4.45. The summed E-state index contributed by atoms with van der Waals surface area (Å²) in [6, 6.07) is 3.29. The fraction of sp³-hybridized carbons (Fsp3) is 0.588. The van der Waals surface area contributed by atoms with Gasteiger partial charge in [0.25, 0.3) is 0 Å². The van der Waals surface area contributed by atoms with Crippen molar-refractivity contribution in [1.29, 1.82) is 0 Å². The highest BCUT2D eigenvalue weighted by molar-refractivity contribution is 6.30. The van der Waals surface area contributed by atoms with Crippen molar-refractivity contribution in [2.24, 2.45) is 5.92 Å². The molecule has 6 nitrogen and oxygen atoms in total. The van der Waals surface area contributed by atoms with Gasteiger partial charge in [0.05, 0.1) is 0 Å². The normalized spacial score (nSPS) is 16.6. The van der Waals surface area contributed by atoms with Gasteiger partial charge < -0.3 is 10.2 Å². The molecule has 0 radical (unpaired) electrons. The Morgan fingerprint density at radius 3 is 2.62 bits per heavy atom. The van der Waals surface area contributed by atoms with Gasteiger partial charge in [-0.1, -0.05) is 31.5 Å². The van der Waals surface area contributed by atoms with Crippen LogP contribution < -0.4 is 10.6 Å². The number of piperidine rings is 1. The Morgan fingerprint density at radius 1 is 1.38 bits per heavy atom. The van der Waals surface area contributed by atoms with Crippen LogP contribution >= 0.6 is 11.6 Å². The lowest BCUT2D eigenvalue weighted by Gasteiger charge is -2.33. The SMILES string of the molecule is CC[C@H](C)C(=O)N1CCC(NC(=O)Nc2ccc(C)c(Cl)n2)CC1. The van der Waals surface area contributed by atoms with Crippen LogP contribution in [0.2, 0.25) is 5.15 Å². The number of amides is 3. The van der Waals surface area contributed by atoms with E-state index in [1.165, 1.54) is 0 Å². The number of halogens is 1. The van der Waals surface area contributed by atoms with Crippen molar-refractivity contribution >= 4 is 29.4 Å². The van der Waals surface area contributed by atoms with E-state index in [1.54, 1.807) is 6.07 Å². The molecular weight excluding hydrogens is 328 g/mol. The predicted octanol–water partition coefficient (Wildman–Crippen LogP) is 3.20. The van der Waals surface area contributed by atoms with Crippen LogP contribution in [0.15, 0.2) is 12.1 Å². The summed E-state index contributed by atoms with van der Waals surface area (Å²) in [5.74, 6) is 0.696. The van der Waals surface area contributed by atoms with Crippen LogP contribution in [0, 0.1) is 12.8 Å². The summed E-state index contributed by atoms with van der Waals surface area (Å²) in [6.07, 6.45) is 2.38. The lowest BCUT2D eigenvalue weighted by molar-refractivity contribution is -0.136. The Hall–Kier alpha value is -1.82. The molecule has 1 saturated heterocycles. The van der Waals surface area contributed by atoms with Crippen molar-refractivity contribution in [3.8, 4) is 0 Å². The molecule has 0 aliphatic carbocycles. The molecule has 0 unspecified atom stereocenters. The fourth-order valence-electron chi connectivity index (χ4n) is 2.64. The zero-order chi connectivity index (χ0) is 17.7. The van der Waals surface area contributed by atoms with E-state index in [-0.39, 0.29) is 23.9 Å². The number of hydrogen-bond acceptors (Lipinski definition) is 3. The Labute approximate surface area is 148 Å². The lowest BCUT2D eigenvalue weighted by Crippen LogP contribution is -2.48. The van der Waals surface area contributed by atoms with Crippen molar-refractivity contribution in [2.75, 3.05) is 18.4 Å². The van der Waals surface area contributed by atoms with Crippen LogP contribution in [0.4, 0.5) is 10.6 Å². The van der Waals surface area contributed by atoms with Gasteiger partial charge in [-0.3, -0.25) is 10.1 Å². The van der Waals surface area contributed by atoms with E-state index < -0.39 is 0 Å². The highest BCUT2D eigenvalue weighted by atomic mass is 35.5. The molecule has 1 fully saturated rings. The van der Waals surface area contributed by atoms with Gasteiger partial charge in [-0.05, 0) is 37.8 Å². The quantitative estimate of drug-likeness (QED) is 0.817. The number of aromatic nitrogens is 1. The number of nitrogens with one attached hydrogen (secondary N) is 2. The number of hydrogen-bond donors (Lipinski definition) is 2. The van der Waals surface area contributed by atoms with Gasteiger partial charge >= 0.3 is 6.03 Å². The van der Waals surface area contributed by atoms with Gasteiger partial charge in [0.2, 0.25) is 5.91 Å². The lowest BCUT2D eigenvalue weighted by atomic mass is 10.0. The highest BCUT2D eigenvalue weighted by Crippen LogP contribution is 2.16. The molecule has 1 aliphatic rings. The molecule has 1 atom stereocenters. The minimum Gasteiger partial charge on any atom is -0.342 e. The molecule has 3 amide bonds. The summed E-state index contributed by atoms with van der Waals surface area (Å²) >= 11 is 5.95. The van der Waals surface area contributed by atoms with Crippen molar-refractivity contribution in [2.45, 2.75) is 46.1 Å². The van der Waals surface area contributed by atoms with E-state index >= 15 is 0 Å². The summed E-state index contributed by atoms with van der Waals surface area (Å²) in [5, 5.41) is 6.00. The number of carbonyl (C=O) groups excluding carboxylic acids is 2. The maximum absolute atomic E-state index is 12.2. The van der Waals surface area contributed by atoms with Crippen molar-refractivity contribution in [3.63, 3.8) is 0 Å². The molecule has 2 rings (SSSR count). The molecular formula is C17H25ClN4O2. The van der Waals surface area contributed by atoms with E-state index in [0.717, 1.165) is 24.8 Å². The Bertz CT molecular complexity index is 600. The van der Waals surface area contributed by atoms with Crippen molar-refractivity contribution < 1.29 is 9.59 Å². The molecule has 2 N–H and O–H groups in total. The van der Waals surface area contributed by atoms with Gasteiger partial charge in [0, 0.05) is 25.0 Å². The number of anilines is 1. The minimum absolute atomic E-state index is 0.0619. The van der Waals surface area contributed by atoms with Crippen LogP contribution in [0.3, 0.4) is 0 Å². The summed E-state index contributed by atoms with van der Waals surface area (Å²) in [7, 11) is 0. The zero-order valence-corrected chi connectivity index (χ0v) is 15.2. The standard InChI is InChI=1S/C17H25ClN4O2/c1-4-11(2)16(23)22-9-7-13(8-10-22)19-17(24)21-14-6-5-12(3)15(18)20-14/h5-6,11,13H,4,7-10H2,1-3H3,(H2,19,20,21,24)/t11-/m0/s1. The number of aryl methyl sites for hydroxylation is 1. The molecule has 0 spiro atoms. The molecule has 0 aromatic carbocycles. The smallest absolute Gasteiger partial charge is 0.320 e. The van der Waals surface area contributed by atoms with E-state index in [2.05, 4.69) is 15.6 Å². The van der Waals surface area contributed by atoms with Gasteiger partial charge in [-0.15, -0.1) is 0 Å². The summed E-state index contributed by atoms with van der Waals surface area (Å²) < 4.78 is 0. The first-order valence-corrected chi connectivity index (χ1v) is 8.78. The second kappa shape index (κ2) is 8.33. The van der Waals surface area contributed by atoms with Crippen LogP contribution in [-0.2, 0) is 4.79 Å². The zero-order valence-electron chi connectivity index (χ0n) is 14.4. The fourth-order valence-corrected chi connectivity index (χ4v) is 2.80. The van der Waals surface area contributed by atoms with Gasteiger partial charge in [0.1, 0.15) is 11.0 Å². The number of rotatable bonds is 4. The first kappa shape index (κ1) is 18.5. The molecule has 1 aliphatic heterocycles. The number of urea groups is 1. The largest absolute Gasteiger partial charge is 0.342 e. The molecule has 0 bridgehead atoms. The Balaban J connectivity index is 1.80. The Morgan fingerprint density at radius 2 is 2.04 bits per heavy atom. The number of nitrogens with zero attached hydrogens (tertiary/aromatic N) is 2. The van der Waals surface area contributed by atoms with Gasteiger partial charge in [-0.2, -0.15) is 0 Å².